The maximum absolute atomic E-state index is 16.3. The van der Waals surface area contributed by atoms with Crippen molar-refractivity contribution in [3.63, 3.8) is 0 Å². The Morgan fingerprint density at radius 3 is 1.55 bits per heavy atom. The summed E-state index contributed by atoms with van der Waals surface area (Å²) in [5.74, 6) is 0.326. The number of carbonyl (C=O) groups excluding carboxylic acids is 1. The van der Waals surface area contributed by atoms with Gasteiger partial charge in [-0.2, -0.15) is 0 Å². The maximum atomic E-state index is 16.3. The Balaban J connectivity index is 1.40. The van der Waals surface area contributed by atoms with Crippen LogP contribution in [0.4, 0.5) is 4.39 Å². The molecular formula is C32H30FO8P. The second kappa shape index (κ2) is 14.4. The van der Waals surface area contributed by atoms with Gasteiger partial charge in [0.15, 0.2) is 12.5 Å². The van der Waals surface area contributed by atoms with E-state index >= 15 is 4.39 Å². The highest BCUT2D eigenvalue weighted by molar-refractivity contribution is 7.49. The number of ether oxygens (including phenoxy) is 3. The zero-order valence-corrected chi connectivity index (χ0v) is 23.4. The molecule has 218 valence electrons. The lowest BCUT2D eigenvalue weighted by Crippen LogP contribution is -2.58. The van der Waals surface area contributed by atoms with Crippen LogP contribution in [0.2, 0.25) is 0 Å². The average molecular weight is 593 g/mol. The lowest BCUT2D eigenvalue weighted by Gasteiger charge is -2.41. The second-order valence-electron chi connectivity index (χ2n) is 9.43. The number of alkyl halides is 1. The van der Waals surface area contributed by atoms with Gasteiger partial charge in [0, 0.05) is 0 Å². The van der Waals surface area contributed by atoms with Gasteiger partial charge in [-0.15, -0.1) is 0 Å². The topological polar surface area (TPSA) is 89.5 Å². The van der Waals surface area contributed by atoms with Gasteiger partial charge in [-0.05, 0) is 35.4 Å². The number of rotatable bonds is 13. The Hall–Kier alpha value is -3.85. The Morgan fingerprint density at radius 2 is 1.10 bits per heavy atom. The first-order valence-corrected chi connectivity index (χ1v) is 14.8. The molecule has 0 saturated carbocycles. The highest BCUT2D eigenvalue weighted by Gasteiger charge is 2.52. The lowest BCUT2D eigenvalue weighted by atomic mass is 9.99. The molecule has 0 spiro atoms. The van der Waals surface area contributed by atoms with Gasteiger partial charge in [-0.1, -0.05) is 97.1 Å². The number of hydrogen-bond donors (Lipinski definition) is 0. The number of carbonyl (C=O) groups is 1. The molecule has 10 heteroatoms. The number of aldehydes is 1. The largest absolute Gasteiger partial charge is 0.590 e. The quantitative estimate of drug-likeness (QED) is 0.125. The van der Waals surface area contributed by atoms with Crippen LogP contribution >= 0.6 is 7.82 Å². The number of phosphoric ester groups is 1. The second-order valence-corrected chi connectivity index (χ2v) is 10.9. The van der Waals surface area contributed by atoms with Crippen molar-refractivity contribution in [2.75, 3.05) is 0 Å². The number of para-hydroxylation sites is 2. The molecule has 5 atom stereocenters. The summed E-state index contributed by atoms with van der Waals surface area (Å²) in [6.07, 6.45) is -7.19. The van der Waals surface area contributed by atoms with Crippen LogP contribution in [-0.2, 0) is 41.3 Å². The minimum Gasteiger partial charge on any atom is -0.395 e. The summed E-state index contributed by atoms with van der Waals surface area (Å²) >= 11 is 0. The summed E-state index contributed by atoms with van der Waals surface area (Å²) in [4.78, 5) is 12.2. The maximum Gasteiger partial charge on any atom is 0.590 e. The molecule has 1 aliphatic rings. The van der Waals surface area contributed by atoms with E-state index in [-0.39, 0.29) is 24.7 Å². The van der Waals surface area contributed by atoms with Crippen LogP contribution in [0.3, 0.4) is 0 Å². The minimum absolute atomic E-state index is 0.0219. The summed E-state index contributed by atoms with van der Waals surface area (Å²) in [6, 6.07) is 34.8. The highest BCUT2D eigenvalue weighted by atomic mass is 31.2. The van der Waals surface area contributed by atoms with Gasteiger partial charge in [-0.25, -0.2) is 13.5 Å². The lowest BCUT2D eigenvalue weighted by molar-refractivity contribution is -0.271. The fourth-order valence-electron chi connectivity index (χ4n) is 4.34. The van der Waals surface area contributed by atoms with E-state index in [4.69, 9.17) is 27.8 Å². The molecule has 0 bridgehead atoms. The highest BCUT2D eigenvalue weighted by Crippen LogP contribution is 2.52. The summed E-state index contributed by atoms with van der Waals surface area (Å²) in [6.45, 7) is 0.101. The number of hydrogen-bond acceptors (Lipinski definition) is 8. The molecule has 4 aromatic carbocycles. The number of benzene rings is 4. The number of phosphoric acid groups is 1. The third-order valence-electron chi connectivity index (χ3n) is 6.37. The Morgan fingerprint density at radius 1 is 0.667 bits per heavy atom. The van der Waals surface area contributed by atoms with Gasteiger partial charge in [0.2, 0.25) is 6.29 Å². The third-order valence-corrected chi connectivity index (χ3v) is 7.71. The predicted molar refractivity (Wildman–Crippen MR) is 152 cm³/mol. The van der Waals surface area contributed by atoms with E-state index in [2.05, 4.69) is 0 Å². The van der Waals surface area contributed by atoms with Crippen LogP contribution in [0.15, 0.2) is 121 Å². The first-order valence-electron chi connectivity index (χ1n) is 13.4. The standard InChI is InChI=1S/C32H30FO8P/c33-29-31(37-23-25-15-7-2-8-16-25)30(36-22-24-13-5-1-6-14-24)28(21-34)38-32(29)41-42(35,39-26-17-9-3-10-18-26)40-27-19-11-4-12-20-27/h1-21,28-32H,22-23H2/t28-,29-,30-,31-,32-/m1/s1. The van der Waals surface area contributed by atoms with E-state index < -0.39 is 38.6 Å². The summed E-state index contributed by atoms with van der Waals surface area (Å²) in [5.41, 5.74) is 1.60. The van der Waals surface area contributed by atoms with Crippen LogP contribution < -0.4 is 9.05 Å². The first kappa shape index (κ1) is 29.6. The first-order chi connectivity index (χ1) is 20.5. The van der Waals surface area contributed by atoms with E-state index in [0.717, 1.165) is 11.1 Å². The molecule has 1 saturated heterocycles. The molecule has 0 radical (unpaired) electrons. The smallest absolute Gasteiger partial charge is 0.395 e. The van der Waals surface area contributed by atoms with Gasteiger partial charge in [-0.3, -0.25) is 0 Å². The Bertz CT molecular complexity index is 1380. The van der Waals surface area contributed by atoms with Crippen LogP contribution in [-0.4, -0.2) is 37.1 Å². The molecule has 4 aromatic rings. The van der Waals surface area contributed by atoms with Crippen molar-refractivity contribution >= 4 is 14.1 Å². The van der Waals surface area contributed by atoms with Gasteiger partial charge in [0.05, 0.1) is 13.2 Å². The predicted octanol–water partition coefficient (Wildman–Crippen LogP) is 6.70. The van der Waals surface area contributed by atoms with Crippen molar-refractivity contribution in [1.29, 1.82) is 0 Å². The monoisotopic (exact) mass is 592 g/mol. The minimum atomic E-state index is -4.57. The van der Waals surface area contributed by atoms with E-state index in [9.17, 15) is 9.36 Å². The summed E-state index contributed by atoms with van der Waals surface area (Å²) in [5, 5.41) is 0. The molecular weight excluding hydrogens is 562 g/mol. The fraction of sp³-hybridized carbons (Fsp3) is 0.219. The van der Waals surface area contributed by atoms with Crippen LogP contribution in [0.5, 0.6) is 11.5 Å². The van der Waals surface area contributed by atoms with Crippen molar-refractivity contribution in [2.45, 2.75) is 44.0 Å². The average Bonchev–Trinajstić information content (AvgIpc) is 3.02. The molecule has 42 heavy (non-hydrogen) atoms. The third kappa shape index (κ3) is 7.91. The van der Waals surface area contributed by atoms with Crippen molar-refractivity contribution in [3.05, 3.63) is 132 Å². The Kier molecular flexibility index (Phi) is 10.1. The van der Waals surface area contributed by atoms with Crippen LogP contribution in [0.1, 0.15) is 11.1 Å². The zero-order valence-electron chi connectivity index (χ0n) is 22.5. The molecule has 0 aromatic heterocycles. The van der Waals surface area contributed by atoms with E-state index in [1.165, 1.54) is 0 Å². The molecule has 8 nitrogen and oxygen atoms in total. The Labute approximate surface area is 243 Å². The normalized spacial score (nSPS) is 22.3. The molecule has 0 amide bonds. The van der Waals surface area contributed by atoms with E-state index in [1.54, 1.807) is 60.7 Å². The van der Waals surface area contributed by atoms with Crippen molar-refractivity contribution in [3.8, 4) is 11.5 Å². The van der Waals surface area contributed by atoms with Crippen LogP contribution in [0, 0.1) is 0 Å². The van der Waals surface area contributed by atoms with Gasteiger partial charge < -0.3 is 28.1 Å². The molecule has 5 rings (SSSR count). The molecule has 0 N–H and O–H groups in total. The fourth-order valence-corrected chi connectivity index (χ4v) is 5.65. The molecule has 0 aliphatic carbocycles. The van der Waals surface area contributed by atoms with E-state index in [1.807, 2.05) is 60.7 Å². The molecule has 1 aliphatic heterocycles. The zero-order chi connectivity index (χ0) is 29.2. The van der Waals surface area contributed by atoms with Crippen LogP contribution in [0.25, 0.3) is 0 Å². The van der Waals surface area contributed by atoms with Crippen molar-refractivity contribution < 1.29 is 41.5 Å². The van der Waals surface area contributed by atoms with E-state index in [0.29, 0.717) is 6.29 Å². The van der Waals surface area contributed by atoms with Gasteiger partial charge in [0.1, 0.15) is 29.8 Å². The SMILES string of the molecule is O=C[C@H]1O[C@H](OP(=O)(Oc2ccccc2)Oc2ccccc2)[C@H](F)[C@@H](OCc2ccccc2)[C@@H]1OCc1ccccc1. The van der Waals surface area contributed by atoms with Gasteiger partial charge in [0.25, 0.3) is 0 Å². The van der Waals surface area contributed by atoms with Gasteiger partial charge >= 0.3 is 7.82 Å². The van der Waals surface area contributed by atoms with Crippen molar-refractivity contribution in [1.82, 2.24) is 0 Å². The number of halogens is 1. The summed E-state index contributed by atoms with van der Waals surface area (Å²) in [7, 11) is -4.57. The van der Waals surface area contributed by atoms with Crippen molar-refractivity contribution in [2.24, 2.45) is 0 Å². The molecule has 0 unspecified atom stereocenters. The molecule has 1 heterocycles. The molecule has 1 fully saturated rings. The summed E-state index contributed by atoms with van der Waals surface area (Å²) < 4.78 is 64.9.